The van der Waals surface area contributed by atoms with Crippen LogP contribution in [0.1, 0.15) is 17.5 Å². The van der Waals surface area contributed by atoms with Crippen molar-refractivity contribution in [3.8, 4) is 17.2 Å². The van der Waals surface area contributed by atoms with E-state index in [9.17, 15) is 4.79 Å². The number of fused-ring (bicyclic) bond motifs is 1. The predicted molar refractivity (Wildman–Crippen MR) is 116 cm³/mol. The monoisotopic (exact) mass is 403 g/mol. The van der Waals surface area contributed by atoms with E-state index < -0.39 is 0 Å². The van der Waals surface area contributed by atoms with Gasteiger partial charge in [0.15, 0.2) is 11.5 Å². The number of carbonyl (C=O) groups is 1. The number of amides is 1. The lowest BCUT2D eigenvalue weighted by molar-refractivity contribution is -0.118. The van der Waals surface area contributed by atoms with Gasteiger partial charge in [-0.1, -0.05) is 36.4 Å². The van der Waals surface area contributed by atoms with E-state index in [4.69, 9.17) is 14.2 Å². The maximum Gasteiger partial charge on any atom is 0.227 e. The number of methoxy groups -OCH3 is 1. The number of ether oxygens (including phenoxy) is 3. The van der Waals surface area contributed by atoms with Crippen molar-refractivity contribution in [1.82, 2.24) is 0 Å². The lowest BCUT2D eigenvalue weighted by Crippen LogP contribution is -2.30. The van der Waals surface area contributed by atoms with Crippen molar-refractivity contribution in [2.45, 2.75) is 19.4 Å². The summed E-state index contributed by atoms with van der Waals surface area (Å²) in [5.41, 5.74) is 3.00. The number of benzene rings is 3. The molecule has 0 bridgehead atoms. The van der Waals surface area contributed by atoms with E-state index in [0.717, 1.165) is 34.1 Å². The highest BCUT2D eigenvalue weighted by atomic mass is 16.6. The Bertz CT molecular complexity index is 986. The highest BCUT2D eigenvalue weighted by molar-refractivity contribution is 5.93. The molecule has 0 saturated heterocycles. The van der Waals surface area contributed by atoms with E-state index in [-0.39, 0.29) is 5.91 Å². The van der Waals surface area contributed by atoms with Crippen molar-refractivity contribution >= 4 is 11.6 Å². The summed E-state index contributed by atoms with van der Waals surface area (Å²) in [6, 6.07) is 23.5. The van der Waals surface area contributed by atoms with Gasteiger partial charge < -0.3 is 19.1 Å². The van der Waals surface area contributed by atoms with Crippen LogP contribution < -0.4 is 19.1 Å². The highest BCUT2D eigenvalue weighted by Crippen LogP contribution is 2.31. The smallest absolute Gasteiger partial charge is 0.227 e. The lowest BCUT2D eigenvalue weighted by Gasteiger charge is -2.24. The molecule has 5 heteroatoms. The Kier molecular flexibility index (Phi) is 6.18. The fourth-order valence-electron chi connectivity index (χ4n) is 3.48. The molecule has 0 unspecified atom stereocenters. The third-order valence-electron chi connectivity index (χ3n) is 5.10. The maximum atomic E-state index is 13.2. The average molecular weight is 403 g/mol. The topological polar surface area (TPSA) is 48.0 Å². The van der Waals surface area contributed by atoms with E-state index in [0.29, 0.717) is 32.6 Å². The van der Waals surface area contributed by atoms with Crippen LogP contribution >= 0.6 is 0 Å². The first kappa shape index (κ1) is 19.8. The van der Waals surface area contributed by atoms with Crippen LogP contribution in [0.25, 0.3) is 0 Å². The largest absolute Gasteiger partial charge is 0.497 e. The fourth-order valence-corrected chi connectivity index (χ4v) is 3.48. The number of rotatable bonds is 7. The molecule has 0 radical (unpaired) electrons. The molecule has 1 amide bonds. The second kappa shape index (κ2) is 9.35. The second-order valence-corrected chi connectivity index (χ2v) is 7.14. The van der Waals surface area contributed by atoms with Crippen molar-refractivity contribution in [3.63, 3.8) is 0 Å². The first-order chi connectivity index (χ1) is 14.7. The van der Waals surface area contributed by atoms with Gasteiger partial charge in [-0.15, -0.1) is 0 Å². The molecule has 0 atom stereocenters. The van der Waals surface area contributed by atoms with E-state index >= 15 is 0 Å². The van der Waals surface area contributed by atoms with E-state index in [1.165, 1.54) is 0 Å². The SMILES string of the molecule is COc1ccc(N(Cc2ccccc2)C(=O)CCc2ccc3c(c2)OCCO3)cc1. The molecule has 1 aliphatic rings. The number of hydrogen-bond donors (Lipinski definition) is 0. The Labute approximate surface area is 176 Å². The van der Waals surface area contributed by atoms with Crippen molar-refractivity contribution in [3.05, 3.63) is 83.9 Å². The van der Waals surface area contributed by atoms with Crippen LogP contribution in [-0.2, 0) is 17.8 Å². The Morgan fingerprint density at radius 3 is 2.37 bits per heavy atom. The Balaban J connectivity index is 1.49. The van der Waals surface area contributed by atoms with Crippen LogP contribution in [0.3, 0.4) is 0 Å². The van der Waals surface area contributed by atoms with E-state index in [2.05, 4.69) is 0 Å². The van der Waals surface area contributed by atoms with Crippen LogP contribution in [0.2, 0.25) is 0 Å². The summed E-state index contributed by atoms with van der Waals surface area (Å²) in [5.74, 6) is 2.35. The first-order valence-corrected chi connectivity index (χ1v) is 10.1. The van der Waals surface area contributed by atoms with Gasteiger partial charge in [0.05, 0.1) is 13.7 Å². The summed E-state index contributed by atoms with van der Waals surface area (Å²) in [6.07, 6.45) is 1.04. The molecule has 30 heavy (non-hydrogen) atoms. The molecule has 0 spiro atoms. The zero-order valence-electron chi connectivity index (χ0n) is 17.0. The van der Waals surface area contributed by atoms with Crippen molar-refractivity contribution in [2.24, 2.45) is 0 Å². The standard InChI is InChI=1S/C25H25NO4/c1-28-22-11-9-21(10-12-22)26(18-20-5-3-2-4-6-20)25(27)14-8-19-7-13-23-24(17-19)30-16-15-29-23/h2-7,9-13,17H,8,14-16,18H2,1H3. The molecule has 0 aliphatic carbocycles. The Morgan fingerprint density at radius 2 is 1.63 bits per heavy atom. The second-order valence-electron chi connectivity index (χ2n) is 7.14. The summed E-state index contributed by atoms with van der Waals surface area (Å²) >= 11 is 0. The Morgan fingerprint density at radius 1 is 0.900 bits per heavy atom. The van der Waals surface area contributed by atoms with Crippen LogP contribution in [-0.4, -0.2) is 26.2 Å². The molecule has 3 aromatic rings. The lowest BCUT2D eigenvalue weighted by atomic mass is 10.1. The number of nitrogens with zero attached hydrogens (tertiary/aromatic N) is 1. The van der Waals surface area contributed by atoms with Gasteiger partial charge in [-0.05, 0) is 53.9 Å². The highest BCUT2D eigenvalue weighted by Gasteiger charge is 2.18. The molecule has 0 saturated carbocycles. The van der Waals surface area contributed by atoms with Gasteiger partial charge in [0, 0.05) is 12.1 Å². The molecular formula is C25H25NO4. The van der Waals surface area contributed by atoms with Crippen molar-refractivity contribution < 1.29 is 19.0 Å². The number of hydrogen-bond acceptors (Lipinski definition) is 4. The van der Waals surface area contributed by atoms with E-state index in [1.54, 1.807) is 7.11 Å². The summed E-state index contributed by atoms with van der Waals surface area (Å²) in [5, 5.41) is 0. The molecule has 5 nitrogen and oxygen atoms in total. The minimum absolute atomic E-state index is 0.0684. The Hall–Kier alpha value is -3.47. The van der Waals surface area contributed by atoms with Gasteiger partial charge in [-0.3, -0.25) is 4.79 Å². The summed E-state index contributed by atoms with van der Waals surface area (Å²) in [4.78, 5) is 15.0. The van der Waals surface area contributed by atoms with Crippen LogP contribution in [0, 0.1) is 0 Å². The third-order valence-corrected chi connectivity index (χ3v) is 5.10. The maximum absolute atomic E-state index is 13.2. The molecule has 0 aromatic heterocycles. The molecule has 4 rings (SSSR count). The van der Waals surface area contributed by atoms with Gasteiger partial charge >= 0.3 is 0 Å². The van der Waals surface area contributed by atoms with E-state index in [1.807, 2.05) is 77.7 Å². The third kappa shape index (κ3) is 4.74. The number of anilines is 1. The van der Waals surface area contributed by atoms with Gasteiger partial charge in [-0.2, -0.15) is 0 Å². The van der Waals surface area contributed by atoms with Crippen molar-refractivity contribution in [2.75, 3.05) is 25.2 Å². The van der Waals surface area contributed by atoms with Crippen molar-refractivity contribution in [1.29, 1.82) is 0 Å². The normalized spacial score (nSPS) is 12.3. The first-order valence-electron chi connectivity index (χ1n) is 10.1. The average Bonchev–Trinajstić information content (AvgIpc) is 2.81. The van der Waals surface area contributed by atoms with Gasteiger partial charge in [-0.25, -0.2) is 0 Å². The van der Waals surface area contributed by atoms with Gasteiger partial charge in [0.2, 0.25) is 5.91 Å². The molecule has 3 aromatic carbocycles. The van der Waals surface area contributed by atoms with Crippen LogP contribution in [0.4, 0.5) is 5.69 Å². The molecule has 0 N–H and O–H groups in total. The molecular weight excluding hydrogens is 378 g/mol. The van der Waals surface area contributed by atoms with Crippen LogP contribution in [0.15, 0.2) is 72.8 Å². The summed E-state index contributed by atoms with van der Waals surface area (Å²) in [6.45, 7) is 1.64. The zero-order chi connectivity index (χ0) is 20.8. The summed E-state index contributed by atoms with van der Waals surface area (Å²) in [7, 11) is 1.63. The fraction of sp³-hybridized carbons (Fsp3) is 0.240. The van der Waals surface area contributed by atoms with Crippen LogP contribution in [0.5, 0.6) is 17.2 Å². The predicted octanol–water partition coefficient (Wildman–Crippen LogP) is 4.63. The molecule has 1 aliphatic heterocycles. The minimum atomic E-state index is 0.0684. The molecule has 1 heterocycles. The zero-order valence-corrected chi connectivity index (χ0v) is 17.0. The summed E-state index contributed by atoms with van der Waals surface area (Å²) < 4.78 is 16.5. The van der Waals surface area contributed by atoms with Gasteiger partial charge in [0.1, 0.15) is 19.0 Å². The number of aryl methyl sites for hydroxylation is 1. The molecule has 154 valence electrons. The number of carbonyl (C=O) groups excluding carboxylic acids is 1. The molecule has 0 fully saturated rings. The van der Waals surface area contributed by atoms with Gasteiger partial charge in [0.25, 0.3) is 0 Å². The quantitative estimate of drug-likeness (QED) is 0.577. The minimum Gasteiger partial charge on any atom is -0.497 e.